The summed E-state index contributed by atoms with van der Waals surface area (Å²) in [5.41, 5.74) is -0.192. The van der Waals surface area contributed by atoms with Crippen molar-refractivity contribution >= 4 is 5.97 Å². The van der Waals surface area contributed by atoms with Crippen molar-refractivity contribution in [1.29, 1.82) is 5.26 Å². The fourth-order valence-electron chi connectivity index (χ4n) is 3.94. The maximum absolute atomic E-state index is 12.6. The molecule has 2 heterocycles. The molecule has 32 heavy (non-hydrogen) atoms. The first-order valence-corrected chi connectivity index (χ1v) is 9.97. The molecule has 2 atom stereocenters. The lowest BCUT2D eigenvalue weighted by molar-refractivity contribution is -0.281. The van der Waals surface area contributed by atoms with Crippen LogP contribution in [0.2, 0.25) is 0 Å². The standard InChI is InChI=1S/C24H21N3O5/c1-15(28)31-24(30)22(18-13-16(14-25)9-11-20(18)32-23(24,2)3)19-10-12-21(29)27(26-19)17-7-5-4-6-8-17/h4-13,22,30H,1-3H3. The Kier molecular flexibility index (Phi) is 5.07. The van der Waals surface area contributed by atoms with Crippen LogP contribution in [-0.4, -0.2) is 32.2 Å². The Bertz CT molecular complexity index is 1290. The second-order valence-corrected chi connectivity index (χ2v) is 8.04. The molecular formula is C24H21N3O5. The maximum Gasteiger partial charge on any atom is 0.305 e. The molecule has 8 heteroatoms. The van der Waals surface area contributed by atoms with Gasteiger partial charge in [0.05, 0.1) is 23.0 Å². The highest BCUT2D eigenvalue weighted by Gasteiger charge is 2.60. The summed E-state index contributed by atoms with van der Waals surface area (Å²) in [5, 5.41) is 25.7. The maximum atomic E-state index is 12.6. The number of carbonyl (C=O) groups excluding carboxylic acids is 1. The van der Waals surface area contributed by atoms with Crippen LogP contribution < -0.4 is 10.3 Å². The first kappa shape index (κ1) is 21.3. The van der Waals surface area contributed by atoms with Crippen LogP contribution in [0.4, 0.5) is 0 Å². The van der Waals surface area contributed by atoms with Gasteiger partial charge in [-0.25, -0.2) is 0 Å². The molecule has 0 fully saturated rings. The predicted molar refractivity (Wildman–Crippen MR) is 114 cm³/mol. The fraction of sp³-hybridized carbons (Fsp3) is 0.250. The lowest BCUT2D eigenvalue weighted by Gasteiger charge is -2.49. The largest absolute Gasteiger partial charge is 0.481 e. The molecule has 1 aromatic heterocycles. The quantitative estimate of drug-likeness (QED) is 0.501. The van der Waals surface area contributed by atoms with Gasteiger partial charge in [0, 0.05) is 18.6 Å². The number of hydrogen-bond acceptors (Lipinski definition) is 7. The Morgan fingerprint density at radius 3 is 2.56 bits per heavy atom. The zero-order chi connectivity index (χ0) is 23.1. The highest BCUT2D eigenvalue weighted by molar-refractivity contribution is 5.67. The number of nitriles is 1. The van der Waals surface area contributed by atoms with Crippen LogP contribution in [0.5, 0.6) is 5.75 Å². The average molecular weight is 431 g/mol. The van der Waals surface area contributed by atoms with Crippen molar-refractivity contribution in [2.75, 3.05) is 0 Å². The highest BCUT2D eigenvalue weighted by atomic mass is 16.7. The summed E-state index contributed by atoms with van der Waals surface area (Å²) in [6, 6.07) is 18.5. The molecule has 162 valence electrons. The van der Waals surface area contributed by atoms with E-state index in [9.17, 15) is 20.0 Å². The fourth-order valence-corrected chi connectivity index (χ4v) is 3.94. The van der Waals surface area contributed by atoms with Crippen molar-refractivity contribution in [2.24, 2.45) is 0 Å². The number of ether oxygens (including phenoxy) is 2. The topological polar surface area (TPSA) is 114 Å². The minimum absolute atomic E-state index is 0.268. The number of hydrogen-bond donors (Lipinski definition) is 1. The molecule has 0 amide bonds. The molecule has 0 saturated heterocycles. The van der Waals surface area contributed by atoms with E-state index in [1.165, 1.54) is 23.7 Å². The van der Waals surface area contributed by atoms with Crippen molar-refractivity contribution in [2.45, 2.75) is 38.1 Å². The van der Waals surface area contributed by atoms with Gasteiger partial charge in [0.15, 0.2) is 5.60 Å². The van der Waals surface area contributed by atoms with Gasteiger partial charge in [-0.2, -0.15) is 15.0 Å². The lowest BCUT2D eigenvalue weighted by atomic mass is 9.75. The third kappa shape index (κ3) is 3.43. The molecule has 8 nitrogen and oxygen atoms in total. The number of aromatic nitrogens is 2. The molecule has 0 spiro atoms. The van der Waals surface area contributed by atoms with Crippen LogP contribution in [0.25, 0.3) is 5.69 Å². The zero-order valence-electron chi connectivity index (χ0n) is 17.8. The number of nitrogens with zero attached hydrogens (tertiary/aromatic N) is 3. The first-order chi connectivity index (χ1) is 15.2. The molecule has 0 bridgehead atoms. The minimum Gasteiger partial charge on any atom is -0.481 e. The SMILES string of the molecule is CC(=O)OC1(O)C(c2ccc(=O)n(-c3ccccc3)n2)c2cc(C#N)ccc2OC1(C)C. The van der Waals surface area contributed by atoms with E-state index < -0.39 is 23.3 Å². The van der Waals surface area contributed by atoms with Gasteiger partial charge in [-0.1, -0.05) is 18.2 Å². The van der Waals surface area contributed by atoms with Gasteiger partial charge in [0.2, 0.25) is 0 Å². The van der Waals surface area contributed by atoms with Gasteiger partial charge >= 0.3 is 5.97 Å². The summed E-state index contributed by atoms with van der Waals surface area (Å²) in [7, 11) is 0. The van der Waals surface area contributed by atoms with Crippen molar-refractivity contribution in [3.63, 3.8) is 0 Å². The van der Waals surface area contributed by atoms with Gasteiger partial charge in [-0.3, -0.25) is 9.59 Å². The summed E-state index contributed by atoms with van der Waals surface area (Å²) in [6.07, 6.45) is 0. The van der Waals surface area contributed by atoms with Crippen LogP contribution in [0.1, 0.15) is 43.5 Å². The van der Waals surface area contributed by atoms with E-state index in [2.05, 4.69) is 11.2 Å². The molecule has 0 radical (unpaired) electrons. The predicted octanol–water partition coefficient (Wildman–Crippen LogP) is 2.66. The molecule has 0 saturated carbocycles. The second-order valence-electron chi connectivity index (χ2n) is 8.04. The van der Waals surface area contributed by atoms with Crippen LogP contribution in [0, 0.1) is 11.3 Å². The summed E-state index contributed by atoms with van der Waals surface area (Å²) in [6.45, 7) is 4.37. The Morgan fingerprint density at radius 2 is 1.91 bits per heavy atom. The van der Waals surface area contributed by atoms with Crippen LogP contribution in [-0.2, 0) is 9.53 Å². The number of benzene rings is 2. The molecule has 1 aliphatic heterocycles. The van der Waals surface area contributed by atoms with Crippen molar-refractivity contribution in [1.82, 2.24) is 9.78 Å². The van der Waals surface area contributed by atoms with Gasteiger partial charge in [0.25, 0.3) is 11.3 Å². The van der Waals surface area contributed by atoms with Gasteiger partial charge in [0.1, 0.15) is 11.7 Å². The van der Waals surface area contributed by atoms with Crippen LogP contribution in [0.3, 0.4) is 0 Å². The molecule has 0 aliphatic carbocycles. The molecule has 4 rings (SSSR count). The second kappa shape index (κ2) is 7.62. The van der Waals surface area contributed by atoms with E-state index in [1.807, 2.05) is 6.07 Å². The number of para-hydroxylation sites is 1. The summed E-state index contributed by atoms with van der Waals surface area (Å²) >= 11 is 0. The molecular weight excluding hydrogens is 410 g/mol. The molecule has 1 aliphatic rings. The zero-order valence-corrected chi connectivity index (χ0v) is 17.8. The third-order valence-corrected chi connectivity index (χ3v) is 5.49. The Balaban J connectivity index is 2.00. The van der Waals surface area contributed by atoms with Gasteiger partial charge in [-0.05, 0) is 50.2 Å². The molecule has 1 N–H and O–H groups in total. The molecule has 3 aromatic rings. The normalized spacial score (nSPS) is 21.0. The summed E-state index contributed by atoms with van der Waals surface area (Å²) in [5.74, 6) is -3.51. The van der Waals surface area contributed by atoms with Gasteiger partial charge < -0.3 is 14.6 Å². The van der Waals surface area contributed by atoms with E-state index in [1.54, 1.807) is 56.3 Å². The summed E-state index contributed by atoms with van der Waals surface area (Å²) in [4.78, 5) is 24.5. The van der Waals surface area contributed by atoms with Crippen molar-refractivity contribution in [3.05, 3.63) is 87.8 Å². The number of carbonyl (C=O) groups is 1. The average Bonchev–Trinajstić information content (AvgIpc) is 2.75. The smallest absolute Gasteiger partial charge is 0.305 e. The van der Waals surface area contributed by atoms with Crippen molar-refractivity contribution in [3.8, 4) is 17.5 Å². The molecule has 2 unspecified atom stereocenters. The monoisotopic (exact) mass is 431 g/mol. The first-order valence-electron chi connectivity index (χ1n) is 9.97. The minimum atomic E-state index is -2.17. The Labute approximate surface area is 184 Å². The van der Waals surface area contributed by atoms with Gasteiger partial charge in [-0.15, -0.1) is 0 Å². The van der Waals surface area contributed by atoms with Crippen LogP contribution in [0.15, 0.2) is 65.5 Å². The van der Waals surface area contributed by atoms with E-state index in [-0.39, 0.29) is 11.3 Å². The number of aliphatic hydroxyl groups is 1. The summed E-state index contributed by atoms with van der Waals surface area (Å²) < 4.78 is 12.6. The van der Waals surface area contributed by atoms with E-state index in [0.29, 0.717) is 22.6 Å². The number of fused-ring (bicyclic) bond motifs is 1. The highest BCUT2D eigenvalue weighted by Crippen LogP contribution is 2.51. The Hall–Kier alpha value is -3.96. The third-order valence-electron chi connectivity index (χ3n) is 5.49. The Morgan fingerprint density at radius 1 is 1.19 bits per heavy atom. The van der Waals surface area contributed by atoms with E-state index >= 15 is 0 Å². The number of rotatable bonds is 3. The van der Waals surface area contributed by atoms with E-state index in [4.69, 9.17) is 9.47 Å². The van der Waals surface area contributed by atoms with Crippen LogP contribution >= 0.6 is 0 Å². The molecule has 2 aromatic carbocycles. The van der Waals surface area contributed by atoms with E-state index in [0.717, 1.165) is 0 Å². The van der Waals surface area contributed by atoms with Crippen molar-refractivity contribution < 1.29 is 19.4 Å². The lowest BCUT2D eigenvalue weighted by Crippen LogP contribution is -2.62. The number of esters is 1.